The number of nitrogens with one attached hydrogen (secondary N) is 1. The minimum absolute atomic E-state index is 0. The molecular weight excluding hydrogens is 375 g/mol. The zero-order chi connectivity index (χ0) is 17.2. The van der Waals surface area contributed by atoms with E-state index in [-0.39, 0.29) is 18.3 Å². The van der Waals surface area contributed by atoms with E-state index in [1.165, 1.54) is 0 Å². The molecule has 1 amide bonds. The molecule has 0 spiro atoms. The van der Waals surface area contributed by atoms with Crippen LogP contribution >= 0.6 is 24.0 Å². The molecule has 0 bridgehead atoms. The third-order valence-corrected chi connectivity index (χ3v) is 5.23. The maximum atomic E-state index is 12.7. The summed E-state index contributed by atoms with van der Waals surface area (Å²) >= 11 is 5.90. The van der Waals surface area contributed by atoms with Crippen molar-refractivity contribution in [3.63, 3.8) is 0 Å². The van der Waals surface area contributed by atoms with Gasteiger partial charge >= 0.3 is 0 Å². The van der Waals surface area contributed by atoms with Crippen molar-refractivity contribution in [1.29, 1.82) is 0 Å². The lowest BCUT2D eigenvalue weighted by molar-refractivity contribution is 0.0763. The van der Waals surface area contributed by atoms with Crippen molar-refractivity contribution in [1.82, 2.24) is 20.3 Å². The van der Waals surface area contributed by atoms with Crippen molar-refractivity contribution in [3.05, 3.63) is 41.0 Å². The molecule has 0 radical (unpaired) electrons. The number of likely N-dealkylation sites (tertiary alicyclic amines) is 1. The molecule has 1 atom stereocenters. The maximum Gasteiger partial charge on any atom is 0.276 e. The zero-order valence-electron chi connectivity index (χ0n) is 14.4. The van der Waals surface area contributed by atoms with E-state index in [1.807, 2.05) is 17.0 Å². The highest BCUT2D eigenvalue weighted by atomic mass is 35.5. The van der Waals surface area contributed by atoms with Gasteiger partial charge in [-0.3, -0.25) is 9.69 Å². The number of rotatable bonds is 3. The predicted molar refractivity (Wildman–Crippen MR) is 103 cm³/mol. The van der Waals surface area contributed by atoms with Crippen LogP contribution in [0.3, 0.4) is 0 Å². The van der Waals surface area contributed by atoms with Gasteiger partial charge in [-0.1, -0.05) is 16.8 Å². The second kappa shape index (κ2) is 8.39. The van der Waals surface area contributed by atoms with Crippen molar-refractivity contribution in [3.8, 4) is 11.3 Å². The highest BCUT2D eigenvalue weighted by molar-refractivity contribution is 6.30. The van der Waals surface area contributed by atoms with Crippen LogP contribution in [0.1, 0.15) is 16.9 Å². The van der Waals surface area contributed by atoms with Crippen LogP contribution in [-0.4, -0.2) is 66.2 Å². The van der Waals surface area contributed by atoms with Gasteiger partial charge in [-0.05, 0) is 30.7 Å². The van der Waals surface area contributed by atoms with Gasteiger partial charge in [0.1, 0.15) is 0 Å². The highest BCUT2D eigenvalue weighted by Crippen LogP contribution is 2.24. The predicted octanol–water partition coefficient (Wildman–Crippen LogP) is 2.54. The molecule has 1 aromatic carbocycles. The number of hydrogen-bond acceptors (Lipinski definition) is 5. The van der Waals surface area contributed by atoms with Gasteiger partial charge in [0.15, 0.2) is 11.5 Å². The average Bonchev–Trinajstić information content (AvgIpc) is 3.33. The third-order valence-electron chi connectivity index (χ3n) is 4.98. The number of carbonyl (C=O) groups is 1. The molecule has 3 heterocycles. The Morgan fingerprint density at radius 1 is 1.19 bits per heavy atom. The lowest BCUT2D eigenvalue weighted by Crippen LogP contribution is -2.49. The molecule has 140 valence electrons. The summed E-state index contributed by atoms with van der Waals surface area (Å²) in [5.41, 5.74) is 1.22. The number of amides is 1. The Morgan fingerprint density at radius 3 is 2.65 bits per heavy atom. The summed E-state index contributed by atoms with van der Waals surface area (Å²) in [5, 5.41) is 8.00. The minimum Gasteiger partial charge on any atom is -0.355 e. The van der Waals surface area contributed by atoms with Crippen molar-refractivity contribution < 1.29 is 9.32 Å². The van der Waals surface area contributed by atoms with E-state index >= 15 is 0 Å². The van der Waals surface area contributed by atoms with Crippen LogP contribution in [0.15, 0.2) is 34.9 Å². The quantitative estimate of drug-likeness (QED) is 0.863. The third kappa shape index (κ3) is 4.04. The molecule has 1 aromatic heterocycles. The van der Waals surface area contributed by atoms with E-state index < -0.39 is 0 Å². The van der Waals surface area contributed by atoms with Crippen molar-refractivity contribution >= 4 is 29.9 Å². The Morgan fingerprint density at radius 2 is 1.92 bits per heavy atom. The summed E-state index contributed by atoms with van der Waals surface area (Å²) in [4.78, 5) is 17.1. The van der Waals surface area contributed by atoms with E-state index in [0.29, 0.717) is 22.5 Å². The smallest absolute Gasteiger partial charge is 0.276 e. The normalized spacial score (nSPS) is 20.8. The van der Waals surface area contributed by atoms with Gasteiger partial charge in [0.25, 0.3) is 5.91 Å². The molecule has 2 aromatic rings. The first-order valence-electron chi connectivity index (χ1n) is 8.67. The number of piperazine rings is 1. The number of benzene rings is 1. The van der Waals surface area contributed by atoms with Crippen LogP contribution in [0.4, 0.5) is 0 Å². The molecule has 1 N–H and O–H groups in total. The van der Waals surface area contributed by atoms with Crippen LogP contribution in [0.5, 0.6) is 0 Å². The highest BCUT2D eigenvalue weighted by Gasteiger charge is 2.32. The maximum absolute atomic E-state index is 12.7. The van der Waals surface area contributed by atoms with E-state index in [4.69, 9.17) is 16.1 Å². The summed E-state index contributed by atoms with van der Waals surface area (Å²) in [6.45, 7) is 5.70. The van der Waals surface area contributed by atoms with Crippen molar-refractivity contribution in [2.45, 2.75) is 12.5 Å². The summed E-state index contributed by atoms with van der Waals surface area (Å²) in [6, 6.07) is 9.46. The first kappa shape index (κ1) is 19.2. The van der Waals surface area contributed by atoms with Gasteiger partial charge in [0.2, 0.25) is 0 Å². The Bertz CT molecular complexity index is 744. The van der Waals surface area contributed by atoms with Gasteiger partial charge in [0.05, 0.1) is 0 Å². The number of hydrogen-bond donors (Lipinski definition) is 1. The molecule has 0 saturated carbocycles. The fourth-order valence-electron chi connectivity index (χ4n) is 3.56. The van der Waals surface area contributed by atoms with Gasteiger partial charge < -0.3 is 14.7 Å². The summed E-state index contributed by atoms with van der Waals surface area (Å²) in [7, 11) is 0. The number of carbonyl (C=O) groups excluding carboxylic acids is 1. The lowest BCUT2D eigenvalue weighted by atomic mass is 10.1. The van der Waals surface area contributed by atoms with Gasteiger partial charge in [0, 0.05) is 62.0 Å². The number of nitrogens with zero attached hydrogens (tertiary/aromatic N) is 3. The first-order chi connectivity index (χ1) is 12.2. The molecule has 26 heavy (non-hydrogen) atoms. The van der Waals surface area contributed by atoms with E-state index in [9.17, 15) is 4.79 Å². The van der Waals surface area contributed by atoms with Gasteiger partial charge in [-0.2, -0.15) is 0 Å². The van der Waals surface area contributed by atoms with Crippen LogP contribution in [0.25, 0.3) is 11.3 Å². The first-order valence-corrected chi connectivity index (χ1v) is 9.05. The fourth-order valence-corrected chi connectivity index (χ4v) is 3.69. The molecule has 2 aliphatic rings. The number of halogens is 2. The molecule has 0 aliphatic carbocycles. The number of aromatic nitrogens is 1. The van der Waals surface area contributed by atoms with E-state index in [1.54, 1.807) is 18.2 Å². The topological polar surface area (TPSA) is 61.6 Å². The van der Waals surface area contributed by atoms with Crippen LogP contribution in [0, 0.1) is 0 Å². The Hall–Kier alpha value is -1.60. The Balaban J connectivity index is 0.00000196. The monoisotopic (exact) mass is 396 g/mol. The lowest BCUT2D eigenvalue weighted by Gasteiger charge is -2.32. The average molecular weight is 397 g/mol. The van der Waals surface area contributed by atoms with Crippen LogP contribution < -0.4 is 5.32 Å². The standard InChI is InChI=1S/C18H21ClN4O2.ClH/c19-14-3-1-13(2-4-14)17-11-16(21-25-17)18(24)23-8-5-15(12-23)22-9-6-20-7-10-22;/h1-4,11,15,20H,5-10,12H2;1H. The molecule has 1 unspecified atom stereocenters. The van der Waals surface area contributed by atoms with Crippen LogP contribution in [-0.2, 0) is 0 Å². The molecular formula is C18H22Cl2N4O2. The zero-order valence-corrected chi connectivity index (χ0v) is 15.9. The van der Waals surface area contributed by atoms with Gasteiger partial charge in [-0.15, -0.1) is 12.4 Å². The Labute approximate surface area is 163 Å². The summed E-state index contributed by atoms with van der Waals surface area (Å²) in [6.07, 6.45) is 1.02. The Kier molecular flexibility index (Phi) is 6.19. The summed E-state index contributed by atoms with van der Waals surface area (Å²) < 4.78 is 5.36. The molecule has 2 saturated heterocycles. The van der Waals surface area contributed by atoms with Crippen LogP contribution in [0.2, 0.25) is 5.02 Å². The second-order valence-electron chi connectivity index (χ2n) is 6.56. The molecule has 2 aliphatic heterocycles. The molecule has 4 rings (SSSR count). The minimum atomic E-state index is -0.0541. The largest absolute Gasteiger partial charge is 0.355 e. The fraction of sp³-hybridized carbons (Fsp3) is 0.444. The van der Waals surface area contributed by atoms with Gasteiger partial charge in [-0.25, -0.2) is 0 Å². The molecule has 6 nitrogen and oxygen atoms in total. The molecule has 2 fully saturated rings. The summed E-state index contributed by atoms with van der Waals surface area (Å²) in [5.74, 6) is 0.527. The van der Waals surface area contributed by atoms with E-state index in [2.05, 4.69) is 15.4 Å². The van der Waals surface area contributed by atoms with E-state index in [0.717, 1.165) is 51.3 Å². The molecule has 8 heteroatoms. The second-order valence-corrected chi connectivity index (χ2v) is 7.00. The SMILES string of the molecule is Cl.O=C(c1cc(-c2ccc(Cl)cc2)on1)N1CCC(N2CCNCC2)C1. The van der Waals surface area contributed by atoms with Crippen molar-refractivity contribution in [2.24, 2.45) is 0 Å². The van der Waals surface area contributed by atoms with Crippen molar-refractivity contribution in [2.75, 3.05) is 39.3 Å².